The van der Waals surface area contributed by atoms with Gasteiger partial charge in [0.1, 0.15) is 5.75 Å². The van der Waals surface area contributed by atoms with Crippen LogP contribution in [0.3, 0.4) is 0 Å². The quantitative estimate of drug-likeness (QED) is 0.818. The summed E-state index contributed by atoms with van der Waals surface area (Å²) in [5.74, 6) is -0.398. The first-order valence-electron chi connectivity index (χ1n) is 7.87. The largest absolute Gasteiger partial charge is 0.508 e. The Morgan fingerprint density at radius 2 is 1.72 bits per heavy atom. The van der Waals surface area contributed by atoms with E-state index in [1.54, 1.807) is 6.07 Å². The molecule has 2 aromatic carbocycles. The first-order valence-corrected chi connectivity index (χ1v) is 7.87. The Bertz CT molecular complexity index is 791. The molecule has 6 heteroatoms. The number of hydrogen-bond acceptors (Lipinski definition) is 3. The second-order valence-corrected chi connectivity index (χ2v) is 6.27. The summed E-state index contributed by atoms with van der Waals surface area (Å²) in [6.45, 7) is 0. The molecule has 25 heavy (non-hydrogen) atoms. The van der Waals surface area contributed by atoms with Crippen molar-refractivity contribution in [1.29, 1.82) is 0 Å². The van der Waals surface area contributed by atoms with Crippen molar-refractivity contribution < 1.29 is 27.8 Å². The minimum Gasteiger partial charge on any atom is -0.508 e. The van der Waals surface area contributed by atoms with Gasteiger partial charge in [0.25, 0.3) is 0 Å². The SMILES string of the molecule is COC(=O)C1(c2cc(O)cc(-c3ccc(C(F)(F)F)cc3)c2)CCC1. The van der Waals surface area contributed by atoms with Gasteiger partial charge in [-0.2, -0.15) is 13.2 Å². The molecule has 1 saturated carbocycles. The van der Waals surface area contributed by atoms with Crippen molar-refractivity contribution in [3.63, 3.8) is 0 Å². The minimum absolute atomic E-state index is 0.0393. The lowest BCUT2D eigenvalue weighted by Gasteiger charge is -2.39. The monoisotopic (exact) mass is 350 g/mol. The van der Waals surface area contributed by atoms with Gasteiger partial charge in [0.05, 0.1) is 18.1 Å². The summed E-state index contributed by atoms with van der Waals surface area (Å²) in [6, 6.07) is 9.43. The van der Waals surface area contributed by atoms with Crippen LogP contribution in [0.25, 0.3) is 11.1 Å². The molecule has 132 valence electrons. The Hall–Kier alpha value is -2.50. The van der Waals surface area contributed by atoms with Crippen LogP contribution in [0.5, 0.6) is 5.75 Å². The number of benzene rings is 2. The summed E-state index contributed by atoms with van der Waals surface area (Å²) in [6.07, 6.45) is -2.28. The van der Waals surface area contributed by atoms with Crippen LogP contribution >= 0.6 is 0 Å². The number of methoxy groups -OCH3 is 1. The molecule has 3 rings (SSSR count). The highest BCUT2D eigenvalue weighted by atomic mass is 19.4. The average molecular weight is 350 g/mol. The van der Waals surface area contributed by atoms with E-state index in [1.165, 1.54) is 31.4 Å². The summed E-state index contributed by atoms with van der Waals surface area (Å²) in [4.78, 5) is 12.2. The zero-order valence-corrected chi connectivity index (χ0v) is 13.6. The van der Waals surface area contributed by atoms with Crippen LogP contribution in [0.15, 0.2) is 42.5 Å². The van der Waals surface area contributed by atoms with Crippen LogP contribution in [-0.2, 0) is 21.1 Å². The van der Waals surface area contributed by atoms with Gasteiger partial charge in [-0.1, -0.05) is 18.6 Å². The molecule has 3 nitrogen and oxygen atoms in total. The summed E-state index contributed by atoms with van der Waals surface area (Å²) in [5, 5.41) is 10.0. The van der Waals surface area contributed by atoms with Crippen LogP contribution in [0.1, 0.15) is 30.4 Å². The molecule has 0 spiro atoms. The normalized spacial score (nSPS) is 16.2. The van der Waals surface area contributed by atoms with Gasteiger partial charge >= 0.3 is 12.1 Å². The van der Waals surface area contributed by atoms with Crippen molar-refractivity contribution in [2.75, 3.05) is 7.11 Å². The van der Waals surface area contributed by atoms with E-state index < -0.39 is 17.2 Å². The van der Waals surface area contributed by atoms with Gasteiger partial charge in [-0.25, -0.2) is 0 Å². The van der Waals surface area contributed by atoms with Crippen molar-refractivity contribution >= 4 is 5.97 Å². The van der Waals surface area contributed by atoms with Gasteiger partial charge in [0, 0.05) is 0 Å². The van der Waals surface area contributed by atoms with Crippen molar-refractivity contribution in [3.05, 3.63) is 53.6 Å². The smallest absolute Gasteiger partial charge is 0.416 e. The molecule has 1 fully saturated rings. The first-order chi connectivity index (χ1) is 11.8. The molecule has 2 aromatic rings. The maximum atomic E-state index is 12.7. The van der Waals surface area contributed by atoms with Crippen molar-refractivity contribution in [3.8, 4) is 16.9 Å². The van der Waals surface area contributed by atoms with E-state index in [4.69, 9.17) is 4.74 Å². The topological polar surface area (TPSA) is 46.5 Å². The van der Waals surface area contributed by atoms with E-state index in [9.17, 15) is 23.1 Å². The van der Waals surface area contributed by atoms with Gasteiger partial charge in [-0.15, -0.1) is 0 Å². The molecule has 1 N–H and O–H groups in total. The van der Waals surface area contributed by atoms with Gasteiger partial charge in [0.15, 0.2) is 0 Å². The number of carbonyl (C=O) groups is 1. The zero-order valence-electron chi connectivity index (χ0n) is 13.6. The molecule has 0 aliphatic heterocycles. The highest BCUT2D eigenvalue weighted by molar-refractivity contribution is 5.85. The Labute approximate surface area is 143 Å². The molecule has 0 aromatic heterocycles. The average Bonchev–Trinajstić information content (AvgIpc) is 2.52. The number of phenolic OH excluding ortho intramolecular Hbond substituents is 1. The molecular weight excluding hydrogens is 333 g/mol. The third kappa shape index (κ3) is 3.08. The van der Waals surface area contributed by atoms with Crippen molar-refractivity contribution in [1.82, 2.24) is 0 Å². The minimum atomic E-state index is -4.40. The van der Waals surface area contributed by atoms with E-state index >= 15 is 0 Å². The molecule has 0 radical (unpaired) electrons. The van der Waals surface area contributed by atoms with Crippen molar-refractivity contribution in [2.45, 2.75) is 30.9 Å². The number of phenols is 1. The van der Waals surface area contributed by atoms with Gasteiger partial charge in [-0.05, 0) is 59.9 Å². The molecule has 1 aliphatic rings. The van der Waals surface area contributed by atoms with E-state index in [-0.39, 0.29) is 11.7 Å². The van der Waals surface area contributed by atoms with Crippen LogP contribution < -0.4 is 0 Å². The maximum absolute atomic E-state index is 12.7. The van der Waals surface area contributed by atoms with E-state index in [0.29, 0.717) is 29.5 Å². The van der Waals surface area contributed by atoms with E-state index in [1.807, 2.05) is 0 Å². The third-order valence-electron chi connectivity index (χ3n) is 4.80. The molecule has 0 bridgehead atoms. The first kappa shape index (κ1) is 17.3. The summed E-state index contributed by atoms with van der Waals surface area (Å²) < 4.78 is 43.0. The molecule has 0 amide bonds. The summed E-state index contributed by atoms with van der Waals surface area (Å²) >= 11 is 0. The molecular formula is C19H17F3O3. The number of esters is 1. The summed E-state index contributed by atoms with van der Waals surface area (Å²) in [5.41, 5.74) is 0.194. The second-order valence-electron chi connectivity index (χ2n) is 6.27. The molecule has 0 heterocycles. The standard InChI is InChI=1S/C19H17F3O3/c1-25-17(24)18(7-2-8-18)15-9-13(10-16(23)11-15)12-3-5-14(6-4-12)19(20,21)22/h3-6,9-11,23H,2,7-8H2,1H3. The number of halogens is 3. The number of rotatable bonds is 3. The Morgan fingerprint density at radius 3 is 2.20 bits per heavy atom. The number of alkyl halides is 3. The zero-order chi connectivity index (χ0) is 18.2. The van der Waals surface area contributed by atoms with Gasteiger partial charge in [-0.3, -0.25) is 4.79 Å². The number of hydrogen-bond donors (Lipinski definition) is 1. The van der Waals surface area contributed by atoms with Crippen LogP contribution in [0.2, 0.25) is 0 Å². The lowest BCUT2D eigenvalue weighted by molar-refractivity contribution is -0.151. The molecule has 1 aliphatic carbocycles. The lowest BCUT2D eigenvalue weighted by Crippen LogP contribution is -2.43. The van der Waals surface area contributed by atoms with Gasteiger partial charge in [0.2, 0.25) is 0 Å². The maximum Gasteiger partial charge on any atom is 0.416 e. The van der Waals surface area contributed by atoms with E-state index in [2.05, 4.69) is 0 Å². The molecule has 0 atom stereocenters. The third-order valence-corrected chi connectivity index (χ3v) is 4.80. The Morgan fingerprint density at radius 1 is 1.08 bits per heavy atom. The van der Waals surface area contributed by atoms with Crippen LogP contribution in [0, 0.1) is 0 Å². The fourth-order valence-corrected chi connectivity index (χ4v) is 3.24. The second kappa shape index (κ2) is 6.10. The molecule has 0 saturated heterocycles. The fraction of sp³-hybridized carbons (Fsp3) is 0.316. The number of carbonyl (C=O) groups excluding carboxylic acids is 1. The highest BCUT2D eigenvalue weighted by Gasteiger charge is 2.47. The molecule has 0 unspecified atom stereocenters. The lowest BCUT2D eigenvalue weighted by atomic mass is 9.64. The Balaban J connectivity index is 2.01. The van der Waals surface area contributed by atoms with Crippen molar-refractivity contribution in [2.24, 2.45) is 0 Å². The van der Waals surface area contributed by atoms with Crippen LogP contribution in [0.4, 0.5) is 13.2 Å². The predicted molar refractivity (Wildman–Crippen MR) is 86.1 cm³/mol. The summed E-state index contributed by atoms with van der Waals surface area (Å²) in [7, 11) is 1.32. The van der Waals surface area contributed by atoms with Crippen LogP contribution in [-0.4, -0.2) is 18.2 Å². The number of aromatic hydroxyl groups is 1. The Kier molecular flexibility index (Phi) is 4.22. The predicted octanol–water partition coefficient (Wildman–Crippen LogP) is 4.67. The highest BCUT2D eigenvalue weighted by Crippen LogP contribution is 2.46. The number of ether oxygens (including phenoxy) is 1. The van der Waals surface area contributed by atoms with Gasteiger partial charge < -0.3 is 9.84 Å². The fourth-order valence-electron chi connectivity index (χ4n) is 3.24. The van der Waals surface area contributed by atoms with E-state index in [0.717, 1.165) is 18.6 Å².